The van der Waals surface area contributed by atoms with Crippen LogP contribution in [-0.4, -0.2) is 0 Å². The van der Waals surface area contributed by atoms with Crippen molar-refractivity contribution in [1.29, 1.82) is 0 Å². The first-order valence-electron chi connectivity index (χ1n) is 4.29. The molecular formula is C11H19. The van der Waals surface area contributed by atoms with Crippen molar-refractivity contribution in [3.63, 3.8) is 0 Å². The van der Waals surface area contributed by atoms with Crippen LogP contribution in [0.15, 0.2) is 24.3 Å². The van der Waals surface area contributed by atoms with E-state index in [0.717, 1.165) is 6.42 Å². The van der Waals surface area contributed by atoms with Gasteiger partial charge in [-0.2, -0.15) is 0 Å². The fourth-order valence-electron chi connectivity index (χ4n) is 0.876. The highest BCUT2D eigenvalue weighted by Gasteiger charge is 1.91. The molecule has 63 valence electrons. The second kappa shape index (κ2) is 6.21. The molecule has 0 aliphatic carbocycles. The van der Waals surface area contributed by atoms with Gasteiger partial charge in [0.05, 0.1) is 0 Å². The van der Waals surface area contributed by atoms with Gasteiger partial charge in [0.2, 0.25) is 0 Å². The molecule has 11 heavy (non-hydrogen) atoms. The van der Waals surface area contributed by atoms with E-state index in [1.807, 2.05) is 6.08 Å². The van der Waals surface area contributed by atoms with Crippen molar-refractivity contribution >= 4 is 0 Å². The minimum absolute atomic E-state index is 0.627. The van der Waals surface area contributed by atoms with Gasteiger partial charge in [-0.15, -0.1) is 0 Å². The smallest absolute Gasteiger partial charge is 0.0227 e. The van der Waals surface area contributed by atoms with E-state index in [0.29, 0.717) is 11.8 Å². The third-order valence-electron chi connectivity index (χ3n) is 1.49. The second-order valence-corrected chi connectivity index (χ2v) is 3.31. The Morgan fingerprint density at radius 3 is 2.27 bits per heavy atom. The minimum Gasteiger partial charge on any atom is -0.0880 e. The molecule has 0 fully saturated rings. The van der Waals surface area contributed by atoms with Crippen LogP contribution in [-0.2, 0) is 0 Å². The molecular weight excluding hydrogens is 132 g/mol. The zero-order chi connectivity index (χ0) is 8.69. The number of hydrogen-bond acceptors (Lipinski definition) is 0. The lowest BCUT2D eigenvalue weighted by atomic mass is 10.1. The maximum atomic E-state index is 3.66. The highest BCUT2D eigenvalue weighted by Crippen LogP contribution is 2.05. The van der Waals surface area contributed by atoms with Crippen LogP contribution >= 0.6 is 0 Å². The zero-order valence-electron chi connectivity index (χ0n) is 7.88. The van der Waals surface area contributed by atoms with Gasteiger partial charge >= 0.3 is 0 Å². The van der Waals surface area contributed by atoms with Gasteiger partial charge < -0.3 is 0 Å². The predicted octanol–water partition coefficient (Wildman–Crippen LogP) is 3.62. The summed E-state index contributed by atoms with van der Waals surface area (Å²) in [5, 5.41) is 0. The summed E-state index contributed by atoms with van der Waals surface area (Å²) in [6.45, 7) is 10.3. The first kappa shape index (κ1) is 10.5. The van der Waals surface area contributed by atoms with Crippen molar-refractivity contribution in [2.24, 2.45) is 11.8 Å². The molecule has 0 aromatic rings. The maximum absolute atomic E-state index is 3.66. The summed E-state index contributed by atoms with van der Waals surface area (Å²) in [6, 6.07) is 0. The highest BCUT2D eigenvalue weighted by atomic mass is 14.0. The van der Waals surface area contributed by atoms with Crippen LogP contribution in [0.4, 0.5) is 0 Å². The van der Waals surface area contributed by atoms with Gasteiger partial charge in [0.1, 0.15) is 0 Å². The normalized spacial score (nSPS) is 15.4. The maximum Gasteiger partial charge on any atom is -0.0227 e. The first-order valence-corrected chi connectivity index (χ1v) is 4.29. The van der Waals surface area contributed by atoms with E-state index in [1.165, 1.54) is 0 Å². The third kappa shape index (κ3) is 7.38. The van der Waals surface area contributed by atoms with Crippen LogP contribution in [0.5, 0.6) is 0 Å². The molecule has 0 saturated heterocycles. The molecule has 0 bridgehead atoms. The Morgan fingerprint density at radius 2 is 1.82 bits per heavy atom. The van der Waals surface area contributed by atoms with E-state index in [-0.39, 0.29) is 0 Å². The van der Waals surface area contributed by atoms with Gasteiger partial charge in [0, 0.05) is 0 Å². The Kier molecular flexibility index (Phi) is 5.91. The highest BCUT2D eigenvalue weighted by molar-refractivity contribution is 4.93. The van der Waals surface area contributed by atoms with Crippen molar-refractivity contribution in [3.05, 3.63) is 31.2 Å². The van der Waals surface area contributed by atoms with Crippen LogP contribution in [0, 0.1) is 18.8 Å². The van der Waals surface area contributed by atoms with Crippen LogP contribution in [0.1, 0.15) is 27.2 Å². The molecule has 0 aromatic carbocycles. The van der Waals surface area contributed by atoms with Gasteiger partial charge in [-0.05, 0) is 25.2 Å². The molecule has 0 heteroatoms. The minimum atomic E-state index is 0.627. The fourth-order valence-corrected chi connectivity index (χ4v) is 0.876. The molecule has 0 rings (SSSR count). The van der Waals surface area contributed by atoms with Crippen molar-refractivity contribution in [3.8, 4) is 0 Å². The fraction of sp³-hybridized carbons (Fsp3) is 0.545. The van der Waals surface area contributed by atoms with Crippen molar-refractivity contribution < 1.29 is 0 Å². The van der Waals surface area contributed by atoms with Crippen LogP contribution in [0.25, 0.3) is 0 Å². The molecule has 0 aliphatic rings. The van der Waals surface area contributed by atoms with Gasteiger partial charge in [-0.3, -0.25) is 0 Å². The average Bonchev–Trinajstić information content (AvgIpc) is 1.87. The quantitative estimate of drug-likeness (QED) is 0.538. The molecule has 0 aliphatic heterocycles. The molecule has 0 spiro atoms. The molecule has 0 amide bonds. The number of hydrogen-bond donors (Lipinski definition) is 0. The van der Waals surface area contributed by atoms with E-state index < -0.39 is 0 Å². The summed E-state index contributed by atoms with van der Waals surface area (Å²) in [4.78, 5) is 0. The van der Waals surface area contributed by atoms with Crippen LogP contribution in [0.3, 0.4) is 0 Å². The van der Waals surface area contributed by atoms with Crippen molar-refractivity contribution in [1.82, 2.24) is 0 Å². The van der Waals surface area contributed by atoms with E-state index in [9.17, 15) is 0 Å². The summed E-state index contributed by atoms with van der Waals surface area (Å²) < 4.78 is 0. The molecule has 0 aromatic heterocycles. The zero-order valence-corrected chi connectivity index (χ0v) is 7.88. The van der Waals surface area contributed by atoms with Crippen LogP contribution in [0.2, 0.25) is 0 Å². The van der Waals surface area contributed by atoms with Gasteiger partial charge in [-0.1, -0.05) is 45.1 Å². The van der Waals surface area contributed by atoms with Crippen molar-refractivity contribution in [2.45, 2.75) is 27.2 Å². The summed E-state index contributed by atoms with van der Waals surface area (Å²) in [5.74, 6) is 1.30. The van der Waals surface area contributed by atoms with Crippen molar-refractivity contribution in [2.75, 3.05) is 0 Å². The lowest BCUT2D eigenvalue weighted by Crippen LogP contribution is -1.86. The topological polar surface area (TPSA) is 0 Å². The Morgan fingerprint density at radius 1 is 1.18 bits per heavy atom. The Hall–Kier alpha value is -0.520. The van der Waals surface area contributed by atoms with Gasteiger partial charge in [-0.25, -0.2) is 0 Å². The first-order chi connectivity index (χ1) is 5.16. The summed E-state index contributed by atoms with van der Waals surface area (Å²) in [6.07, 6.45) is 9.62. The summed E-state index contributed by atoms with van der Waals surface area (Å²) in [5.41, 5.74) is 0. The summed E-state index contributed by atoms with van der Waals surface area (Å²) in [7, 11) is 0. The third-order valence-corrected chi connectivity index (χ3v) is 1.49. The molecule has 1 radical (unpaired) electrons. The standard InChI is InChI=1S/C11H19/c1-5-7-11(4)9-6-8-10(2)3/h5-8,10-11H,1,9H2,2-4H3/b7-5+,8-6+. The lowest BCUT2D eigenvalue weighted by Gasteiger charge is -2.00. The van der Waals surface area contributed by atoms with E-state index in [2.05, 4.69) is 45.9 Å². The van der Waals surface area contributed by atoms with E-state index in [1.54, 1.807) is 0 Å². The average molecular weight is 151 g/mol. The van der Waals surface area contributed by atoms with Gasteiger partial charge in [0.25, 0.3) is 0 Å². The van der Waals surface area contributed by atoms with Crippen LogP contribution < -0.4 is 0 Å². The molecule has 0 saturated carbocycles. The summed E-state index contributed by atoms with van der Waals surface area (Å²) >= 11 is 0. The SMILES string of the molecule is [CH2]/C=C/C(C)C/C=C/C(C)C. The molecule has 1 unspecified atom stereocenters. The largest absolute Gasteiger partial charge is 0.0880 e. The molecule has 0 N–H and O–H groups in total. The molecule has 0 nitrogen and oxygen atoms in total. The van der Waals surface area contributed by atoms with Gasteiger partial charge in [0.15, 0.2) is 0 Å². The number of allylic oxidation sites excluding steroid dienone is 4. The Bertz CT molecular complexity index is 129. The lowest BCUT2D eigenvalue weighted by molar-refractivity contribution is 0.732. The van der Waals surface area contributed by atoms with E-state index in [4.69, 9.17) is 0 Å². The molecule has 0 heterocycles. The Balaban J connectivity index is 3.52. The number of rotatable bonds is 4. The molecule has 1 atom stereocenters. The Labute approximate surface area is 71.0 Å². The predicted molar refractivity (Wildman–Crippen MR) is 52.3 cm³/mol. The second-order valence-electron chi connectivity index (χ2n) is 3.31. The van der Waals surface area contributed by atoms with E-state index >= 15 is 0 Å². The monoisotopic (exact) mass is 151 g/mol.